The van der Waals surface area contributed by atoms with E-state index in [0.29, 0.717) is 39.3 Å². The van der Waals surface area contributed by atoms with Crippen LogP contribution in [0.25, 0.3) is 0 Å². The maximum absolute atomic E-state index is 13.5. The summed E-state index contributed by atoms with van der Waals surface area (Å²) in [7, 11) is -3.81. The van der Waals surface area contributed by atoms with Gasteiger partial charge in [0.2, 0.25) is 5.91 Å². The standard InChI is InChI=1S/C23H29N3O4S/c1-2-18-8-9-24-22(14-18)31(28,29)26-16-20(19-6-4-3-5-7-19)15-21(17-26)23(27)25-10-12-30-13-11-25/h3-9,14,20-21H,2,10-13,15-17H2,1H3/t20-,21+/m1/s1. The SMILES string of the molecule is CCc1ccnc(S(=O)(=O)N2C[C@@H](C(=O)N3CCOCC3)C[C@@H](c3ccccc3)C2)c1. The Kier molecular flexibility index (Phi) is 6.69. The summed E-state index contributed by atoms with van der Waals surface area (Å²) in [6, 6.07) is 13.3. The van der Waals surface area contributed by atoms with Gasteiger partial charge in [-0.05, 0) is 42.0 Å². The second-order valence-corrected chi connectivity index (χ2v) is 10.0. The van der Waals surface area contributed by atoms with E-state index in [1.807, 2.05) is 48.2 Å². The van der Waals surface area contributed by atoms with Crippen LogP contribution < -0.4 is 0 Å². The largest absolute Gasteiger partial charge is 0.378 e. The monoisotopic (exact) mass is 443 g/mol. The van der Waals surface area contributed by atoms with Crippen molar-refractivity contribution in [2.24, 2.45) is 5.92 Å². The van der Waals surface area contributed by atoms with Crippen molar-refractivity contribution in [3.63, 3.8) is 0 Å². The molecule has 2 aliphatic heterocycles. The molecule has 1 aromatic carbocycles. The molecule has 2 aliphatic rings. The Morgan fingerprint density at radius 2 is 1.87 bits per heavy atom. The van der Waals surface area contributed by atoms with Crippen molar-refractivity contribution in [2.75, 3.05) is 39.4 Å². The summed E-state index contributed by atoms with van der Waals surface area (Å²) < 4.78 is 33.8. The van der Waals surface area contributed by atoms with E-state index in [2.05, 4.69) is 4.98 Å². The summed E-state index contributed by atoms with van der Waals surface area (Å²) in [4.78, 5) is 19.2. The van der Waals surface area contributed by atoms with E-state index in [-0.39, 0.29) is 29.3 Å². The van der Waals surface area contributed by atoms with Gasteiger partial charge in [0.05, 0.1) is 19.1 Å². The molecule has 166 valence electrons. The van der Waals surface area contributed by atoms with E-state index in [0.717, 1.165) is 17.5 Å². The topological polar surface area (TPSA) is 79.8 Å². The summed E-state index contributed by atoms with van der Waals surface area (Å²) in [5.74, 6) is -0.422. The van der Waals surface area contributed by atoms with Crippen LogP contribution in [0.1, 0.15) is 30.4 Å². The van der Waals surface area contributed by atoms with Gasteiger partial charge in [0.15, 0.2) is 5.03 Å². The maximum Gasteiger partial charge on any atom is 0.260 e. The number of ether oxygens (including phenoxy) is 1. The van der Waals surface area contributed by atoms with Crippen molar-refractivity contribution in [2.45, 2.75) is 30.7 Å². The van der Waals surface area contributed by atoms with E-state index >= 15 is 0 Å². The molecule has 0 aliphatic carbocycles. The van der Waals surface area contributed by atoms with Crippen molar-refractivity contribution < 1.29 is 17.9 Å². The van der Waals surface area contributed by atoms with Gasteiger partial charge < -0.3 is 9.64 Å². The minimum absolute atomic E-state index is 0.0133. The molecule has 2 aromatic rings. The third kappa shape index (κ3) is 4.81. The predicted octanol–water partition coefficient (Wildman–Crippen LogP) is 2.30. The van der Waals surface area contributed by atoms with Gasteiger partial charge in [-0.2, -0.15) is 4.31 Å². The van der Waals surface area contributed by atoms with Crippen LogP contribution in [-0.2, 0) is 26.0 Å². The number of morpholine rings is 1. The third-order valence-corrected chi connectivity index (χ3v) is 7.90. The van der Waals surface area contributed by atoms with Gasteiger partial charge in [0.25, 0.3) is 10.0 Å². The lowest BCUT2D eigenvalue weighted by atomic mass is 9.85. The predicted molar refractivity (Wildman–Crippen MR) is 117 cm³/mol. The lowest BCUT2D eigenvalue weighted by molar-refractivity contribution is -0.141. The lowest BCUT2D eigenvalue weighted by Gasteiger charge is -2.39. The van der Waals surface area contributed by atoms with Crippen LogP contribution >= 0.6 is 0 Å². The van der Waals surface area contributed by atoms with Crippen molar-refractivity contribution >= 4 is 15.9 Å². The van der Waals surface area contributed by atoms with Crippen LogP contribution in [0, 0.1) is 5.92 Å². The maximum atomic E-state index is 13.5. The quantitative estimate of drug-likeness (QED) is 0.708. The molecule has 7 nitrogen and oxygen atoms in total. The van der Waals surface area contributed by atoms with Gasteiger partial charge in [-0.1, -0.05) is 37.3 Å². The molecule has 1 aromatic heterocycles. The first-order valence-electron chi connectivity index (χ1n) is 10.9. The summed E-state index contributed by atoms with van der Waals surface area (Å²) in [6.07, 6.45) is 2.91. The normalized spacial score (nSPS) is 22.9. The van der Waals surface area contributed by atoms with Crippen LogP contribution in [0.15, 0.2) is 53.7 Å². The summed E-state index contributed by atoms with van der Waals surface area (Å²) >= 11 is 0. The molecule has 0 radical (unpaired) electrons. The van der Waals surface area contributed by atoms with Crippen LogP contribution in [-0.4, -0.2) is 67.9 Å². The van der Waals surface area contributed by atoms with Crippen molar-refractivity contribution in [3.05, 3.63) is 59.8 Å². The number of aromatic nitrogens is 1. The zero-order valence-corrected chi connectivity index (χ0v) is 18.6. The zero-order chi connectivity index (χ0) is 21.8. The van der Waals surface area contributed by atoms with Gasteiger partial charge in [0.1, 0.15) is 0 Å². The van der Waals surface area contributed by atoms with Gasteiger partial charge >= 0.3 is 0 Å². The average molecular weight is 444 g/mol. The molecule has 0 spiro atoms. The minimum Gasteiger partial charge on any atom is -0.378 e. The highest BCUT2D eigenvalue weighted by molar-refractivity contribution is 7.89. The van der Waals surface area contributed by atoms with Crippen molar-refractivity contribution in [3.8, 4) is 0 Å². The average Bonchev–Trinajstić information content (AvgIpc) is 2.84. The van der Waals surface area contributed by atoms with E-state index in [4.69, 9.17) is 4.74 Å². The van der Waals surface area contributed by atoms with Crippen molar-refractivity contribution in [1.82, 2.24) is 14.2 Å². The molecule has 0 saturated carbocycles. The fourth-order valence-corrected chi connectivity index (χ4v) is 5.90. The molecule has 2 fully saturated rings. The van der Waals surface area contributed by atoms with E-state index in [9.17, 15) is 13.2 Å². The summed E-state index contributed by atoms with van der Waals surface area (Å²) in [5, 5.41) is 0.0538. The number of hydrogen-bond acceptors (Lipinski definition) is 5. The number of pyridine rings is 1. The Labute approximate surface area is 184 Å². The molecule has 4 rings (SSSR count). The van der Waals surface area contributed by atoms with Gasteiger partial charge in [-0.15, -0.1) is 0 Å². The fourth-order valence-electron chi connectivity index (χ4n) is 4.39. The number of piperidine rings is 1. The first-order valence-corrected chi connectivity index (χ1v) is 12.3. The Morgan fingerprint density at radius 3 is 2.58 bits per heavy atom. The molecule has 31 heavy (non-hydrogen) atoms. The highest BCUT2D eigenvalue weighted by atomic mass is 32.2. The fraction of sp³-hybridized carbons (Fsp3) is 0.478. The Morgan fingerprint density at radius 1 is 1.13 bits per heavy atom. The number of carbonyl (C=O) groups excluding carboxylic acids is 1. The number of hydrogen-bond donors (Lipinski definition) is 0. The van der Waals surface area contributed by atoms with Crippen LogP contribution in [0.2, 0.25) is 0 Å². The van der Waals surface area contributed by atoms with E-state index in [1.54, 1.807) is 12.3 Å². The summed E-state index contributed by atoms with van der Waals surface area (Å²) in [6.45, 7) is 4.66. The molecule has 3 heterocycles. The van der Waals surface area contributed by atoms with E-state index in [1.165, 1.54) is 4.31 Å². The number of benzene rings is 1. The number of nitrogens with zero attached hydrogens (tertiary/aromatic N) is 3. The third-order valence-electron chi connectivity index (χ3n) is 6.17. The van der Waals surface area contributed by atoms with Crippen LogP contribution in [0.5, 0.6) is 0 Å². The zero-order valence-electron chi connectivity index (χ0n) is 17.8. The van der Waals surface area contributed by atoms with E-state index < -0.39 is 10.0 Å². The van der Waals surface area contributed by atoms with Crippen LogP contribution in [0.3, 0.4) is 0 Å². The molecule has 2 saturated heterocycles. The van der Waals surface area contributed by atoms with Gasteiger partial charge in [-0.3, -0.25) is 4.79 Å². The minimum atomic E-state index is -3.81. The number of rotatable bonds is 5. The Balaban J connectivity index is 1.64. The molecule has 8 heteroatoms. The van der Waals surface area contributed by atoms with Crippen LogP contribution in [0.4, 0.5) is 0 Å². The molecule has 0 unspecified atom stereocenters. The second-order valence-electron chi connectivity index (χ2n) is 8.16. The second kappa shape index (κ2) is 9.46. The molecular formula is C23H29N3O4S. The highest BCUT2D eigenvalue weighted by Gasteiger charge is 2.40. The summed E-state index contributed by atoms with van der Waals surface area (Å²) in [5.41, 5.74) is 1.98. The lowest BCUT2D eigenvalue weighted by Crippen LogP contribution is -2.51. The number of carbonyl (C=O) groups is 1. The smallest absolute Gasteiger partial charge is 0.260 e. The molecule has 0 N–H and O–H groups in total. The first kappa shape index (κ1) is 21.9. The Bertz CT molecular complexity index is 1010. The highest BCUT2D eigenvalue weighted by Crippen LogP contribution is 2.34. The number of sulfonamides is 1. The number of amides is 1. The van der Waals surface area contributed by atoms with Gasteiger partial charge in [-0.25, -0.2) is 13.4 Å². The number of aryl methyl sites for hydroxylation is 1. The molecular weight excluding hydrogens is 414 g/mol. The molecule has 0 bridgehead atoms. The first-order chi connectivity index (χ1) is 15.0. The Hall–Kier alpha value is -2.29. The van der Waals surface area contributed by atoms with Gasteiger partial charge in [0, 0.05) is 32.4 Å². The molecule has 2 atom stereocenters. The molecule has 1 amide bonds. The van der Waals surface area contributed by atoms with Crippen molar-refractivity contribution in [1.29, 1.82) is 0 Å².